The smallest absolute Gasteiger partial charge is 0.160 e. The fraction of sp³-hybridized carbons (Fsp3) is 0.0250. The molecular formula is C40H27N3. The zero-order valence-corrected chi connectivity index (χ0v) is 23.5. The largest absolute Gasteiger partial charge is 0.245 e. The van der Waals surface area contributed by atoms with E-state index in [2.05, 4.69) is 127 Å². The van der Waals surface area contributed by atoms with Gasteiger partial charge in [-0.2, -0.15) is 0 Å². The van der Waals surface area contributed by atoms with Crippen molar-refractivity contribution in [1.29, 1.82) is 0 Å². The van der Waals surface area contributed by atoms with E-state index in [1.807, 2.05) is 24.3 Å². The van der Waals surface area contributed by atoms with Crippen molar-refractivity contribution in [2.75, 3.05) is 0 Å². The van der Waals surface area contributed by atoms with Gasteiger partial charge in [-0.25, -0.2) is 15.0 Å². The van der Waals surface area contributed by atoms with Crippen molar-refractivity contribution in [3.05, 3.63) is 157 Å². The molecule has 1 aliphatic carbocycles. The highest BCUT2D eigenvalue weighted by molar-refractivity contribution is 5.98. The van der Waals surface area contributed by atoms with Crippen LogP contribution in [-0.2, 0) is 6.42 Å². The van der Waals surface area contributed by atoms with Crippen LogP contribution in [0.4, 0.5) is 0 Å². The Morgan fingerprint density at radius 3 is 1.86 bits per heavy atom. The van der Waals surface area contributed by atoms with E-state index in [1.54, 1.807) is 0 Å². The van der Waals surface area contributed by atoms with Crippen molar-refractivity contribution in [2.24, 2.45) is 0 Å². The number of benzene rings is 5. The summed E-state index contributed by atoms with van der Waals surface area (Å²) >= 11 is 0. The normalized spacial score (nSPS) is 12.0. The molecule has 3 heteroatoms. The highest BCUT2D eigenvalue weighted by Crippen LogP contribution is 2.42. The van der Waals surface area contributed by atoms with Gasteiger partial charge >= 0.3 is 0 Å². The molecule has 3 nitrogen and oxygen atoms in total. The summed E-state index contributed by atoms with van der Waals surface area (Å²) in [5, 5.41) is 2.36. The SMILES string of the molecule is C1=Cc2c(-c3ccccc3)cc(-c3ccccc3)nc2-c2nc(-c3ccccc3)nc(-c3cccc4ccccc34)c2C1. The predicted molar refractivity (Wildman–Crippen MR) is 177 cm³/mol. The molecule has 0 aliphatic heterocycles. The molecule has 0 bridgehead atoms. The number of aromatic nitrogens is 3. The second-order valence-corrected chi connectivity index (χ2v) is 10.8. The van der Waals surface area contributed by atoms with Crippen LogP contribution in [0.3, 0.4) is 0 Å². The number of hydrogen-bond donors (Lipinski definition) is 0. The van der Waals surface area contributed by atoms with Crippen molar-refractivity contribution < 1.29 is 0 Å². The van der Waals surface area contributed by atoms with Gasteiger partial charge in [0.2, 0.25) is 0 Å². The Morgan fingerprint density at radius 2 is 1.09 bits per heavy atom. The third-order valence-electron chi connectivity index (χ3n) is 8.13. The summed E-state index contributed by atoms with van der Waals surface area (Å²) in [5.41, 5.74) is 11.2. The van der Waals surface area contributed by atoms with Crippen molar-refractivity contribution >= 4 is 16.8 Å². The molecular weight excluding hydrogens is 522 g/mol. The Labute approximate surface area is 250 Å². The zero-order valence-electron chi connectivity index (χ0n) is 23.5. The number of allylic oxidation sites excluding steroid dienone is 1. The first-order chi connectivity index (χ1) is 21.3. The van der Waals surface area contributed by atoms with Crippen molar-refractivity contribution in [3.63, 3.8) is 0 Å². The van der Waals surface area contributed by atoms with Crippen LogP contribution in [0.25, 0.3) is 73.3 Å². The molecule has 43 heavy (non-hydrogen) atoms. The van der Waals surface area contributed by atoms with Crippen LogP contribution in [0.5, 0.6) is 0 Å². The Morgan fingerprint density at radius 1 is 0.465 bits per heavy atom. The number of rotatable bonds is 4. The van der Waals surface area contributed by atoms with E-state index in [9.17, 15) is 0 Å². The van der Waals surface area contributed by atoms with Gasteiger partial charge in [0.15, 0.2) is 5.82 Å². The summed E-state index contributed by atoms with van der Waals surface area (Å²) in [7, 11) is 0. The lowest BCUT2D eigenvalue weighted by Crippen LogP contribution is -2.05. The standard InChI is InChI=1S/C40H27N3/c1-4-14-28(15-5-1)35-26-36(29-17-6-2-7-18-29)41-38-33(35)24-13-25-34-37(32-23-12-21-27-16-10-11-22-31(27)32)42-40(43-39(34)38)30-19-8-3-9-20-30/h1-24,26H,25H2. The molecule has 0 saturated carbocycles. The molecule has 0 amide bonds. The number of hydrogen-bond acceptors (Lipinski definition) is 3. The van der Waals surface area contributed by atoms with Gasteiger partial charge in [-0.05, 0) is 34.4 Å². The average molecular weight is 550 g/mol. The highest BCUT2D eigenvalue weighted by atomic mass is 14.9. The monoisotopic (exact) mass is 549 g/mol. The molecule has 7 aromatic rings. The second-order valence-electron chi connectivity index (χ2n) is 10.8. The molecule has 0 radical (unpaired) electrons. The average Bonchev–Trinajstić information content (AvgIpc) is 3.28. The van der Waals surface area contributed by atoms with E-state index in [-0.39, 0.29) is 0 Å². The minimum Gasteiger partial charge on any atom is -0.245 e. The molecule has 1 aliphatic rings. The Kier molecular flexibility index (Phi) is 6.20. The molecule has 0 unspecified atom stereocenters. The van der Waals surface area contributed by atoms with Crippen LogP contribution in [-0.4, -0.2) is 15.0 Å². The topological polar surface area (TPSA) is 38.7 Å². The van der Waals surface area contributed by atoms with Gasteiger partial charge in [-0.15, -0.1) is 0 Å². The van der Waals surface area contributed by atoms with E-state index < -0.39 is 0 Å². The summed E-state index contributed by atoms with van der Waals surface area (Å²) in [6.07, 6.45) is 5.16. The van der Waals surface area contributed by atoms with Gasteiger partial charge in [0.1, 0.15) is 0 Å². The first-order valence-corrected chi connectivity index (χ1v) is 14.6. The lowest BCUT2D eigenvalue weighted by atomic mass is 9.93. The van der Waals surface area contributed by atoms with Gasteiger partial charge in [0.25, 0.3) is 0 Å². The Bertz CT molecular complexity index is 2130. The lowest BCUT2D eigenvalue weighted by Gasteiger charge is -2.18. The van der Waals surface area contributed by atoms with Crippen LogP contribution in [0, 0.1) is 0 Å². The van der Waals surface area contributed by atoms with E-state index in [0.29, 0.717) is 12.2 Å². The fourth-order valence-corrected chi connectivity index (χ4v) is 6.06. The maximum atomic E-state index is 5.36. The molecule has 0 N–H and O–H groups in total. The molecule has 0 spiro atoms. The fourth-order valence-electron chi connectivity index (χ4n) is 6.06. The summed E-state index contributed by atoms with van der Waals surface area (Å²) in [5.74, 6) is 0.698. The summed E-state index contributed by atoms with van der Waals surface area (Å²) < 4.78 is 0. The van der Waals surface area contributed by atoms with Gasteiger partial charge in [-0.1, -0.05) is 146 Å². The number of fused-ring (bicyclic) bond motifs is 4. The summed E-state index contributed by atoms with van der Waals surface area (Å²) in [6.45, 7) is 0. The van der Waals surface area contributed by atoms with Gasteiger partial charge in [0, 0.05) is 27.8 Å². The molecule has 0 saturated heterocycles. The number of pyridine rings is 1. The van der Waals surface area contributed by atoms with Gasteiger partial charge < -0.3 is 0 Å². The molecule has 2 heterocycles. The minimum absolute atomic E-state index is 0.698. The van der Waals surface area contributed by atoms with Crippen molar-refractivity contribution in [1.82, 2.24) is 15.0 Å². The van der Waals surface area contributed by atoms with Crippen molar-refractivity contribution in [2.45, 2.75) is 6.42 Å². The molecule has 202 valence electrons. The molecule has 0 fully saturated rings. The molecule has 8 rings (SSSR count). The molecule has 0 atom stereocenters. The predicted octanol–water partition coefficient (Wildman–Crippen LogP) is 9.93. The number of nitrogens with zero attached hydrogens (tertiary/aromatic N) is 3. The first kappa shape index (κ1) is 25.1. The van der Waals surface area contributed by atoms with Crippen LogP contribution in [0.15, 0.2) is 146 Å². The first-order valence-electron chi connectivity index (χ1n) is 14.6. The minimum atomic E-state index is 0.698. The van der Waals surface area contributed by atoms with Gasteiger partial charge in [-0.3, -0.25) is 0 Å². The third kappa shape index (κ3) is 4.52. The van der Waals surface area contributed by atoms with Crippen LogP contribution >= 0.6 is 0 Å². The summed E-state index contributed by atoms with van der Waals surface area (Å²) in [6, 6.07) is 48.4. The van der Waals surface area contributed by atoms with Crippen LogP contribution < -0.4 is 0 Å². The Balaban J connectivity index is 1.48. The van der Waals surface area contributed by atoms with E-state index >= 15 is 0 Å². The van der Waals surface area contributed by atoms with E-state index in [4.69, 9.17) is 15.0 Å². The second kappa shape index (κ2) is 10.6. The lowest BCUT2D eigenvalue weighted by molar-refractivity contribution is 1.10. The quantitative estimate of drug-likeness (QED) is 0.219. The van der Waals surface area contributed by atoms with E-state index in [1.165, 1.54) is 10.8 Å². The maximum Gasteiger partial charge on any atom is 0.160 e. The van der Waals surface area contributed by atoms with E-state index in [0.717, 1.165) is 61.7 Å². The molecule has 5 aromatic carbocycles. The highest BCUT2D eigenvalue weighted by Gasteiger charge is 2.25. The zero-order chi connectivity index (χ0) is 28.6. The third-order valence-corrected chi connectivity index (χ3v) is 8.13. The Hall–Kier alpha value is -5.67. The van der Waals surface area contributed by atoms with Crippen LogP contribution in [0.1, 0.15) is 11.1 Å². The van der Waals surface area contributed by atoms with Crippen LogP contribution in [0.2, 0.25) is 0 Å². The van der Waals surface area contributed by atoms with Crippen molar-refractivity contribution in [3.8, 4) is 56.4 Å². The summed E-state index contributed by atoms with van der Waals surface area (Å²) in [4.78, 5) is 15.9. The molecule has 2 aromatic heterocycles. The maximum absolute atomic E-state index is 5.36. The van der Waals surface area contributed by atoms with Gasteiger partial charge in [0.05, 0.1) is 22.8 Å².